The minimum atomic E-state index is -2.50. The summed E-state index contributed by atoms with van der Waals surface area (Å²) in [6, 6.07) is 15.2. The second-order valence-electron chi connectivity index (χ2n) is 10.2. The third-order valence-corrected chi connectivity index (χ3v) is 7.77. The van der Waals surface area contributed by atoms with Gasteiger partial charge in [0.1, 0.15) is 18.6 Å². The molecule has 1 fully saturated rings. The van der Waals surface area contributed by atoms with Gasteiger partial charge in [-0.05, 0) is 60.0 Å². The maximum Gasteiger partial charge on any atom is 0.257 e. The van der Waals surface area contributed by atoms with E-state index in [-0.39, 0.29) is 5.92 Å². The lowest BCUT2D eigenvalue weighted by Crippen LogP contribution is -2.14. The number of aromatic nitrogens is 5. The Balaban J connectivity index is 1.28. The molecule has 3 heterocycles. The molecule has 0 bridgehead atoms. The van der Waals surface area contributed by atoms with Crippen LogP contribution in [0.25, 0.3) is 22.2 Å². The van der Waals surface area contributed by atoms with Crippen LogP contribution in [0, 0.1) is 0 Å². The van der Waals surface area contributed by atoms with E-state index in [2.05, 4.69) is 30.9 Å². The monoisotopic (exact) mass is 573 g/mol. The smallest absolute Gasteiger partial charge is 0.257 e. The van der Waals surface area contributed by atoms with Crippen molar-refractivity contribution in [3.63, 3.8) is 0 Å². The number of benzene rings is 2. The lowest BCUT2D eigenvalue weighted by molar-refractivity contribution is -0.110. The zero-order valence-corrected chi connectivity index (χ0v) is 23.2. The second-order valence-corrected chi connectivity index (χ2v) is 10.2. The molecule has 2 aromatic carbocycles. The lowest BCUT2D eigenvalue weighted by atomic mass is 9.90. The summed E-state index contributed by atoms with van der Waals surface area (Å²) in [7, 11) is 4.99. The molecule has 1 aliphatic carbocycles. The molecule has 1 saturated carbocycles. The number of pyridine rings is 1. The number of hydrogen-bond donors (Lipinski definition) is 3. The summed E-state index contributed by atoms with van der Waals surface area (Å²) in [5, 5.41) is 18.8. The number of carbonyl (C=O) groups is 1. The number of hydrogen-bond acceptors (Lipinski definition) is 8. The van der Waals surface area contributed by atoms with Gasteiger partial charge in [0.25, 0.3) is 6.43 Å². The molecule has 12 heteroatoms. The highest BCUT2D eigenvalue weighted by atomic mass is 19.3. The number of nitrogens with one attached hydrogen (secondary N) is 3. The predicted molar refractivity (Wildman–Crippen MR) is 155 cm³/mol. The highest BCUT2D eigenvalue weighted by Crippen LogP contribution is 2.61. The number of alkyl halides is 2. The molecule has 5 aromatic rings. The molecular weight excluding hydrogens is 544 g/mol. The Hall–Kier alpha value is -5.00. The van der Waals surface area contributed by atoms with E-state index in [1.54, 1.807) is 19.2 Å². The van der Waals surface area contributed by atoms with Gasteiger partial charge in [0, 0.05) is 35.8 Å². The summed E-state index contributed by atoms with van der Waals surface area (Å²) in [4.78, 5) is 17.1. The highest BCUT2D eigenvalue weighted by molar-refractivity contribution is 5.93. The SMILES string of the molecule is CNc1ccc(OC)cc1[C@@]1(C=O)C[C@H]1c1ccc2c(Nc3nc(-c4cnn(CC(F)F)c4)ccc3OC)n[nH]c2c1. The highest BCUT2D eigenvalue weighted by Gasteiger charge is 2.57. The third-order valence-electron chi connectivity index (χ3n) is 7.77. The molecule has 3 N–H and O–H groups in total. The molecule has 0 unspecified atom stereocenters. The van der Waals surface area contributed by atoms with E-state index in [0.29, 0.717) is 40.8 Å². The number of aldehydes is 1. The van der Waals surface area contributed by atoms with Gasteiger partial charge in [-0.25, -0.2) is 13.8 Å². The average Bonchev–Trinajstić information content (AvgIpc) is 3.36. The Morgan fingerprint density at radius 2 is 2.00 bits per heavy atom. The maximum absolute atomic E-state index is 12.8. The van der Waals surface area contributed by atoms with Crippen molar-refractivity contribution in [3.05, 3.63) is 72.1 Å². The lowest BCUT2D eigenvalue weighted by Gasteiger charge is -2.17. The summed E-state index contributed by atoms with van der Waals surface area (Å²) < 4.78 is 37.6. The van der Waals surface area contributed by atoms with Gasteiger partial charge in [0.15, 0.2) is 17.4 Å². The van der Waals surface area contributed by atoms with Crippen molar-refractivity contribution >= 4 is 34.5 Å². The average molecular weight is 574 g/mol. The van der Waals surface area contributed by atoms with Gasteiger partial charge in [-0.15, -0.1) is 0 Å². The fourth-order valence-corrected chi connectivity index (χ4v) is 5.50. The van der Waals surface area contributed by atoms with Gasteiger partial charge < -0.3 is 24.9 Å². The number of nitrogens with zero attached hydrogens (tertiary/aromatic N) is 4. The zero-order valence-electron chi connectivity index (χ0n) is 23.2. The first-order chi connectivity index (χ1) is 20.4. The Morgan fingerprint density at radius 3 is 2.74 bits per heavy atom. The van der Waals surface area contributed by atoms with Crippen LogP contribution in [0.4, 0.5) is 26.1 Å². The molecule has 0 aliphatic heterocycles. The summed E-state index contributed by atoms with van der Waals surface area (Å²) in [6.07, 6.45) is 2.24. The zero-order chi connectivity index (χ0) is 29.4. The number of aromatic amines is 1. The van der Waals surface area contributed by atoms with Crippen molar-refractivity contribution in [1.29, 1.82) is 0 Å². The van der Waals surface area contributed by atoms with Crippen LogP contribution in [0.5, 0.6) is 11.5 Å². The van der Waals surface area contributed by atoms with Gasteiger partial charge in [-0.1, -0.05) is 6.07 Å². The van der Waals surface area contributed by atoms with E-state index in [9.17, 15) is 13.6 Å². The van der Waals surface area contributed by atoms with Gasteiger partial charge in [0.2, 0.25) is 0 Å². The predicted octanol–water partition coefficient (Wildman–Crippen LogP) is 5.51. The van der Waals surface area contributed by atoms with Crippen molar-refractivity contribution in [2.24, 2.45) is 0 Å². The van der Waals surface area contributed by atoms with Gasteiger partial charge in [-0.2, -0.15) is 10.2 Å². The number of anilines is 3. The minimum absolute atomic E-state index is 0.00254. The molecule has 3 aromatic heterocycles. The summed E-state index contributed by atoms with van der Waals surface area (Å²) in [6.45, 7) is -0.493. The molecule has 0 spiro atoms. The second kappa shape index (κ2) is 10.8. The molecule has 0 amide bonds. The van der Waals surface area contributed by atoms with E-state index in [1.807, 2.05) is 43.4 Å². The van der Waals surface area contributed by atoms with Crippen LogP contribution < -0.4 is 20.1 Å². The van der Waals surface area contributed by atoms with Crippen LogP contribution in [0.1, 0.15) is 23.5 Å². The quantitative estimate of drug-likeness (QED) is 0.177. The van der Waals surface area contributed by atoms with Crippen LogP contribution in [-0.2, 0) is 16.8 Å². The topological polar surface area (TPSA) is 119 Å². The molecular formula is C30H29F2N7O3. The number of methoxy groups -OCH3 is 2. The molecule has 0 radical (unpaired) electrons. The number of rotatable bonds is 11. The molecule has 2 atom stereocenters. The molecule has 216 valence electrons. The Bertz CT molecular complexity index is 1770. The molecule has 0 saturated heterocycles. The molecule has 10 nitrogen and oxygen atoms in total. The van der Waals surface area contributed by atoms with Crippen molar-refractivity contribution in [3.8, 4) is 22.8 Å². The van der Waals surface area contributed by atoms with E-state index >= 15 is 0 Å². The fourth-order valence-electron chi connectivity index (χ4n) is 5.50. The standard InChI is InChI=1S/C30H29F2N7O3/c1-33-24-7-5-19(41-2)11-21(24)30(16-40)12-22(30)17-4-6-20-25(10-17)37-38-28(20)36-29-26(42-3)9-8-23(35-29)18-13-34-39(14-18)15-27(31)32/h4-11,13-14,16,22,27,33H,12,15H2,1-3H3,(H2,35,36,37,38)/t22-,30-/m0/s1. The third kappa shape index (κ3) is 4.78. The molecule has 1 aliphatic rings. The molecule has 42 heavy (non-hydrogen) atoms. The first kappa shape index (κ1) is 27.2. The van der Waals surface area contributed by atoms with Crippen LogP contribution in [0.15, 0.2) is 60.9 Å². The first-order valence-electron chi connectivity index (χ1n) is 13.3. The van der Waals surface area contributed by atoms with E-state index in [1.165, 1.54) is 24.2 Å². The van der Waals surface area contributed by atoms with E-state index in [4.69, 9.17) is 9.47 Å². The summed E-state index contributed by atoms with van der Waals surface area (Å²) in [5.41, 5.74) is 4.11. The summed E-state index contributed by atoms with van der Waals surface area (Å²) in [5.74, 6) is 2.14. The van der Waals surface area contributed by atoms with Crippen molar-refractivity contribution in [2.45, 2.75) is 30.7 Å². The van der Waals surface area contributed by atoms with Gasteiger partial charge in [0.05, 0.1) is 37.0 Å². The Kier molecular flexibility index (Phi) is 6.97. The summed E-state index contributed by atoms with van der Waals surface area (Å²) >= 11 is 0. The maximum atomic E-state index is 12.8. The van der Waals surface area contributed by atoms with Crippen molar-refractivity contribution < 1.29 is 23.0 Å². The number of H-pyrrole nitrogens is 1. The fraction of sp³-hybridized carbons (Fsp3) is 0.267. The van der Waals surface area contributed by atoms with Crippen molar-refractivity contribution in [2.75, 3.05) is 31.9 Å². The first-order valence-corrected chi connectivity index (χ1v) is 13.3. The minimum Gasteiger partial charge on any atom is -0.497 e. The van der Waals surface area contributed by atoms with Crippen LogP contribution in [0.2, 0.25) is 0 Å². The van der Waals surface area contributed by atoms with Crippen LogP contribution in [-0.4, -0.2) is 58.9 Å². The number of carbonyl (C=O) groups excluding carboxylic acids is 1. The Morgan fingerprint density at radius 1 is 1.14 bits per heavy atom. The largest absolute Gasteiger partial charge is 0.497 e. The normalized spacial score (nSPS) is 17.8. The van der Waals surface area contributed by atoms with E-state index in [0.717, 1.165) is 34.0 Å². The van der Waals surface area contributed by atoms with Crippen LogP contribution in [0.3, 0.4) is 0 Å². The van der Waals surface area contributed by atoms with Crippen molar-refractivity contribution in [1.82, 2.24) is 25.0 Å². The van der Waals surface area contributed by atoms with Gasteiger partial charge >= 0.3 is 0 Å². The number of halogens is 2. The number of fused-ring (bicyclic) bond motifs is 1. The molecule has 6 rings (SSSR count). The van der Waals surface area contributed by atoms with E-state index < -0.39 is 18.4 Å². The number of ether oxygens (including phenoxy) is 2. The Labute approximate surface area is 240 Å². The van der Waals surface area contributed by atoms with Gasteiger partial charge in [-0.3, -0.25) is 9.78 Å². The van der Waals surface area contributed by atoms with Crippen LogP contribution >= 0.6 is 0 Å².